The highest BCUT2D eigenvalue weighted by atomic mass is 16.6. The molecule has 7 amide bonds. The van der Waals surface area contributed by atoms with Crippen LogP contribution in [0.25, 0.3) is 0 Å². The molecule has 0 heterocycles. The molecule has 0 aliphatic carbocycles. The maximum Gasteiger partial charge on any atom is 0.312 e. The van der Waals surface area contributed by atoms with Crippen molar-refractivity contribution in [1.29, 1.82) is 0 Å². The molecule has 0 aliphatic rings. The van der Waals surface area contributed by atoms with Crippen molar-refractivity contribution in [2.75, 3.05) is 256 Å². The fourth-order valence-corrected chi connectivity index (χ4v) is 11.6. The van der Waals surface area contributed by atoms with Crippen molar-refractivity contribution >= 4 is 41.3 Å². The average Bonchev–Trinajstić information content (AvgIpc) is 0.865. The summed E-state index contributed by atoms with van der Waals surface area (Å²) in [5, 5.41) is 228. The number of hydrogen-bond acceptors (Lipinski definition) is 41. The molecule has 1 aromatic carbocycles. The summed E-state index contributed by atoms with van der Waals surface area (Å²) in [6, 6.07) is 3.74. The number of ether oxygens (including phenoxy) is 12. The molecule has 48 nitrogen and oxygen atoms in total. The summed E-state index contributed by atoms with van der Waals surface area (Å²) in [7, 11) is 0. The number of carbonyl (C=O) groups excluding carboxylic acids is 6. The number of aliphatic hydroxyl groups is 21. The molecule has 0 unspecified atom stereocenters. The van der Waals surface area contributed by atoms with Gasteiger partial charge in [0.25, 0.3) is 0 Å². The molecule has 1 rings (SSSR count). The first-order chi connectivity index (χ1) is 60.7. The lowest BCUT2D eigenvalue weighted by atomic mass is 9.99. The summed E-state index contributed by atoms with van der Waals surface area (Å²) < 4.78 is 66.4. The average molecular weight is 1850 g/mol. The van der Waals surface area contributed by atoms with Crippen LogP contribution in [0.3, 0.4) is 0 Å². The van der Waals surface area contributed by atoms with Gasteiger partial charge in [-0.2, -0.15) is 0 Å². The van der Waals surface area contributed by atoms with E-state index in [4.69, 9.17) is 62.6 Å². The normalized spacial score (nSPS) is 16.5. The molecule has 1 aromatic rings. The topological polar surface area (TPSA) is 734 Å². The molecular formula is C79H149N9O39. The molecule has 127 heavy (non-hydrogen) atoms. The van der Waals surface area contributed by atoms with Crippen LogP contribution in [0.4, 0.5) is 10.5 Å². The molecule has 0 saturated heterocycles. The monoisotopic (exact) mass is 1850 g/mol. The fraction of sp³-hybridized carbons (Fsp3) is 0.848. The van der Waals surface area contributed by atoms with Gasteiger partial charge in [-0.05, 0) is 42.9 Å². The standard InChI is InChI=1S/C79H149N9O39/c1-52(2)67(78(114)84-56(5-4-13-82-79(80)115)77(113)83-55-9-7-54(47-89)8-10-55)85-76(112)53(3)6-11-65(102)81-14-20-117-22-24-119-26-28-121-30-32-123-34-36-125-38-40-127-42-41-126-39-37-124-35-33-122-31-29-120-27-25-118-23-21-116-19-12-66(103)88(17-15-86(43-57(94)68(104)72(108)61(98)48-90)44-58(95)69(105)73(109)62(99)49-91)18-16-87(45-59(96)70(106)74(110)63(100)50-92)46-60(97)71(107)75(111)64(101)51-93/h7-10,52-53,56-64,67-75,89-101,104-111H,4-6,11-51H2,1-3H3,(H,81,102)(H,83,113)(H,84,114)(H,85,112)(H3,80,82,115)/t53-,56-,57-,58-,59-,60-,61+,62+,63+,64+,67-,68+,69+,70+,71+,72+,73+,74+,75+/m0/s1. The zero-order chi connectivity index (χ0) is 94.9. The van der Waals surface area contributed by atoms with Gasteiger partial charge in [0.2, 0.25) is 29.5 Å². The Kier molecular flexibility index (Phi) is 69.5. The first-order valence-electron chi connectivity index (χ1n) is 42.6. The minimum absolute atomic E-state index is 0.00907. The highest BCUT2D eigenvalue weighted by Crippen LogP contribution is 2.18. The van der Waals surface area contributed by atoms with Gasteiger partial charge in [0.1, 0.15) is 85.3 Å². The molecule has 48 heteroatoms. The van der Waals surface area contributed by atoms with E-state index in [9.17, 15) is 136 Å². The second-order valence-electron chi connectivity index (χ2n) is 30.1. The number of aliphatic hydroxyl groups excluding tert-OH is 21. The van der Waals surface area contributed by atoms with Crippen molar-refractivity contribution in [3.05, 3.63) is 29.8 Å². The number of carbonyl (C=O) groups is 6. The van der Waals surface area contributed by atoms with Gasteiger partial charge in [-0.1, -0.05) is 32.9 Å². The van der Waals surface area contributed by atoms with Gasteiger partial charge in [-0.25, -0.2) is 4.79 Å². The number of benzene rings is 1. The minimum Gasteiger partial charge on any atom is -0.394 e. The van der Waals surface area contributed by atoms with Gasteiger partial charge in [0.05, 0.1) is 222 Å². The van der Waals surface area contributed by atoms with Gasteiger partial charge >= 0.3 is 6.03 Å². The zero-order valence-electron chi connectivity index (χ0n) is 73.1. The van der Waals surface area contributed by atoms with Crippen molar-refractivity contribution < 1.29 is 193 Å². The third-order valence-electron chi connectivity index (χ3n) is 19.4. The fourth-order valence-electron chi connectivity index (χ4n) is 11.6. The van der Waals surface area contributed by atoms with Crippen molar-refractivity contribution in [3.63, 3.8) is 0 Å². The van der Waals surface area contributed by atoms with E-state index in [-0.39, 0.29) is 110 Å². The Hall–Kier alpha value is -5.56. The summed E-state index contributed by atoms with van der Waals surface area (Å²) in [5.74, 6) is -3.49. The van der Waals surface area contributed by atoms with E-state index in [1.54, 1.807) is 45.0 Å². The Morgan fingerprint density at radius 2 is 0.669 bits per heavy atom. The lowest BCUT2D eigenvalue weighted by Crippen LogP contribution is -2.55. The van der Waals surface area contributed by atoms with E-state index in [0.717, 1.165) is 14.7 Å². The second-order valence-corrected chi connectivity index (χ2v) is 30.1. The zero-order valence-corrected chi connectivity index (χ0v) is 73.1. The summed E-state index contributed by atoms with van der Waals surface area (Å²) >= 11 is 0. The number of urea groups is 1. The van der Waals surface area contributed by atoms with E-state index in [0.29, 0.717) is 123 Å². The van der Waals surface area contributed by atoms with Crippen LogP contribution in [0.2, 0.25) is 0 Å². The third-order valence-corrected chi connectivity index (χ3v) is 19.4. The Morgan fingerprint density at radius 1 is 0.354 bits per heavy atom. The van der Waals surface area contributed by atoms with Crippen LogP contribution in [0, 0.1) is 11.8 Å². The van der Waals surface area contributed by atoms with E-state index in [2.05, 4.69) is 26.6 Å². The first kappa shape index (κ1) is 119. The van der Waals surface area contributed by atoms with Crippen molar-refractivity contribution in [2.24, 2.45) is 17.6 Å². The lowest BCUT2D eigenvalue weighted by molar-refractivity contribution is -0.137. The van der Waals surface area contributed by atoms with Crippen LogP contribution < -0.4 is 32.3 Å². The van der Waals surface area contributed by atoms with Crippen molar-refractivity contribution in [1.82, 2.24) is 36.0 Å². The predicted molar refractivity (Wildman–Crippen MR) is 446 cm³/mol. The van der Waals surface area contributed by atoms with E-state index < -0.39 is 224 Å². The van der Waals surface area contributed by atoms with E-state index >= 15 is 0 Å². The summed E-state index contributed by atoms with van der Waals surface area (Å²) in [5.41, 5.74) is 6.25. The van der Waals surface area contributed by atoms with Crippen LogP contribution in [0.15, 0.2) is 24.3 Å². The Bertz CT molecular complexity index is 2800. The van der Waals surface area contributed by atoms with Crippen LogP contribution in [0.1, 0.15) is 58.4 Å². The number of rotatable bonds is 84. The molecular weight excluding hydrogens is 1700 g/mol. The van der Waals surface area contributed by atoms with Crippen LogP contribution in [-0.4, -0.2) is 518 Å². The number of primary amides is 1. The Morgan fingerprint density at radius 3 is 0.976 bits per heavy atom. The number of nitrogens with one attached hydrogen (secondary N) is 5. The van der Waals surface area contributed by atoms with Gasteiger partial charge < -0.3 is 201 Å². The molecule has 0 aliphatic heterocycles. The van der Waals surface area contributed by atoms with Crippen LogP contribution in [-0.2, 0) is 87.4 Å². The highest BCUT2D eigenvalue weighted by molar-refractivity contribution is 5.98. The Balaban J connectivity index is 2.34. The molecule has 0 radical (unpaired) electrons. The summed E-state index contributed by atoms with van der Waals surface area (Å²) in [6.07, 6.45) is -32.4. The van der Waals surface area contributed by atoms with Crippen LogP contribution in [0.5, 0.6) is 0 Å². The molecule has 0 spiro atoms. The van der Waals surface area contributed by atoms with Gasteiger partial charge in [-0.3, -0.25) is 33.8 Å². The molecule has 0 saturated carbocycles. The Labute approximate surface area is 739 Å². The van der Waals surface area contributed by atoms with Gasteiger partial charge in [-0.15, -0.1) is 0 Å². The molecule has 0 bridgehead atoms. The van der Waals surface area contributed by atoms with E-state index in [1.165, 1.54) is 0 Å². The maximum absolute atomic E-state index is 14.1. The summed E-state index contributed by atoms with van der Waals surface area (Å²) in [4.78, 5) is 81.3. The highest BCUT2D eigenvalue weighted by Gasteiger charge is 2.38. The number of hydrogen-bond donors (Lipinski definition) is 27. The smallest absolute Gasteiger partial charge is 0.312 e. The lowest BCUT2D eigenvalue weighted by Gasteiger charge is -2.36. The number of nitrogens with zero attached hydrogens (tertiary/aromatic N) is 3. The van der Waals surface area contributed by atoms with Crippen molar-refractivity contribution in [2.45, 2.75) is 169 Å². The van der Waals surface area contributed by atoms with Gasteiger partial charge in [0, 0.05) is 83.5 Å². The number of amides is 7. The van der Waals surface area contributed by atoms with Crippen LogP contribution >= 0.6 is 0 Å². The largest absolute Gasteiger partial charge is 0.394 e. The quantitative estimate of drug-likeness (QED) is 0.0269. The minimum atomic E-state index is -2.15. The van der Waals surface area contributed by atoms with Gasteiger partial charge in [0.15, 0.2) is 0 Å². The molecule has 744 valence electrons. The van der Waals surface area contributed by atoms with Crippen molar-refractivity contribution in [3.8, 4) is 0 Å². The summed E-state index contributed by atoms with van der Waals surface area (Å²) in [6.45, 7) is 3.17. The number of anilines is 1. The first-order valence-corrected chi connectivity index (χ1v) is 42.6. The molecule has 28 N–H and O–H groups in total. The molecule has 0 fully saturated rings. The second kappa shape index (κ2) is 73.9. The number of nitrogens with two attached hydrogens (primary N) is 1. The predicted octanol–water partition coefficient (Wildman–Crippen LogP) is -12.5. The third kappa shape index (κ3) is 55.5. The maximum atomic E-state index is 14.1. The molecule has 0 aromatic heterocycles. The SMILES string of the molecule is CC(C)[C@H](NC(=O)[C@@H](C)CCC(=O)NCCOCCOCCOCCOCCOCCOCCOCCOCCOCCOCCOCCOCCC(=O)N(CCN(C[C@H](O)[C@@H](O)[C@H](O)[C@H](O)CO)C[C@H](O)[C@@H](O)[C@H](O)[C@H](O)CO)CCN(C[C@H](O)[C@@H](O)[C@H](O)[C@H](O)CO)C[C@H](O)[C@@H](O)[C@H](O)[C@H](O)CO)C(=O)N[C@@H](CCCNC(N)=O)C(=O)Nc1ccc(CO)cc1. The molecule has 19 atom stereocenters. The van der Waals surface area contributed by atoms with E-state index in [1.807, 2.05) is 0 Å².